The van der Waals surface area contributed by atoms with Crippen LogP contribution in [-0.4, -0.2) is 41.2 Å². The van der Waals surface area contributed by atoms with E-state index in [0.717, 1.165) is 37.1 Å². The van der Waals surface area contributed by atoms with Crippen LogP contribution in [-0.2, 0) is 6.54 Å². The number of rotatable bonds is 3. The van der Waals surface area contributed by atoms with Crippen LogP contribution in [0.5, 0.6) is 0 Å². The molecule has 21 heavy (non-hydrogen) atoms. The summed E-state index contributed by atoms with van der Waals surface area (Å²) in [5.74, 6) is 1.76. The van der Waals surface area contributed by atoms with Gasteiger partial charge in [-0.05, 0) is 12.1 Å². The normalized spacial score (nSPS) is 16.6. The lowest BCUT2D eigenvalue weighted by molar-refractivity contribution is 0.225. The van der Waals surface area contributed by atoms with E-state index < -0.39 is 0 Å². The molecule has 1 aliphatic heterocycles. The van der Waals surface area contributed by atoms with Gasteiger partial charge in [0.2, 0.25) is 0 Å². The zero-order valence-corrected chi connectivity index (χ0v) is 11.6. The molecule has 0 unspecified atom stereocenters. The minimum atomic E-state index is 0.441. The van der Waals surface area contributed by atoms with Gasteiger partial charge in [-0.1, -0.05) is 23.4 Å². The highest BCUT2D eigenvalue weighted by Gasteiger charge is 2.17. The number of para-hydroxylation sites is 1. The van der Waals surface area contributed by atoms with Gasteiger partial charge in [0.25, 0.3) is 5.89 Å². The van der Waals surface area contributed by atoms with Crippen LogP contribution in [0.15, 0.2) is 39.3 Å². The van der Waals surface area contributed by atoms with Gasteiger partial charge in [-0.2, -0.15) is 4.98 Å². The maximum Gasteiger partial charge on any atom is 0.293 e. The van der Waals surface area contributed by atoms with Crippen LogP contribution in [0.1, 0.15) is 5.82 Å². The Balaban J connectivity index is 1.55. The predicted molar refractivity (Wildman–Crippen MR) is 77.7 cm³/mol. The number of hydrogen-bond donors (Lipinski definition) is 1. The molecule has 3 heterocycles. The standard InChI is InChI=1S/C15H16N4O2/c1-2-4-12-11(3-1)9-13(20-12)15-17-14(18-21-15)10-19-7-5-16-6-8-19/h1-4,9,16H,5-8,10H2. The van der Waals surface area contributed by atoms with Gasteiger partial charge < -0.3 is 14.3 Å². The van der Waals surface area contributed by atoms with Crippen LogP contribution in [0, 0.1) is 0 Å². The molecule has 4 rings (SSSR count). The van der Waals surface area contributed by atoms with Gasteiger partial charge in [0.15, 0.2) is 11.6 Å². The number of hydrogen-bond acceptors (Lipinski definition) is 6. The van der Waals surface area contributed by atoms with Crippen molar-refractivity contribution in [2.24, 2.45) is 0 Å². The Morgan fingerprint density at radius 1 is 1.19 bits per heavy atom. The van der Waals surface area contributed by atoms with E-state index in [9.17, 15) is 0 Å². The van der Waals surface area contributed by atoms with Gasteiger partial charge >= 0.3 is 0 Å². The van der Waals surface area contributed by atoms with Gasteiger partial charge in [0, 0.05) is 31.6 Å². The summed E-state index contributed by atoms with van der Waals surface area (Å²) in [6.07, 6.45) is 0. The number of benzene rings is 1. The van der Waals surface area contributed by atoms with Crippen LogP contribution in [0.3, 0.4) is 0 Å². The zero-order valence-electron chi connectivity index (χ0n) is 11.6. The predicted octanol–water partition coefficient (Wildman–Crippen LogP) is 1.89. The molecule has 1 fully saturated rings. The van der Waals surface area contributed by atoms with E-state index >= 15 is 0 Å². The Morgan fingerprint density at radius 3 is 2.90 bits per heavy atom. The molecular formula is C15H16N4O2. The molecule has 0 radical (unpaired) electrons. The summed E-state index contributed by atoms with van der Waals surface area (Å²) in [4.78, 5) is 6.75. The number of nitrogens with zero attached hydrogens (tertiary/aromatic N) is 3. The molecule has 0 amide bonds. The van der Waals surface area contributed by atoms with Gasteiger partial charge in [0.05, 0.1) is 6.54 Å². The van der Waals surface area contributed by atoms with Crippen molar-refractivity contribution in [3.63, 3.8) is 0 Å². The molecular weight excluding hydrogens is 268 g/mol. The highest BCUT2D eigenvalue weighted by Crippen LogP contribution is 2.26. The van der Waals surface area contributed by atoms with Crippen molar-refractivity contribution in [3.05, 3.63) is 36.2 Å². The highest BCUT2D eigenvalue weighted by atomic mass is 16.5. The van der Waals surface area contributed by atoms with Gasteiger partial charge in [0.1, 0.15) is 5.58 Å². The second-order valence-electron chi connectivity index (χ2n) is 5.19. The smallest absolute Gasteiger partial charge is 0.293 e. The molecule has 2 aromatic heterocycles. The monoisotopic (exact) mass is 284 g/mol. The molecule has 6 heteroatoms. The summed E-state index contributed by atoms with van der Waals surface area (Å²) in [7, 11) is 0. The molecule has 1 aromatic carbocycles. The summed E-state index contributed by atoms with van der Waals surface area (Å²) in [6.45, 7) is 4.75. The van der Waals surface area contributed by atoms with Crippen molar-refractivity contribution in [2.75, 3.05) is 26.2 Å². The number of fused-ring (bicyclic) bond motifs is 1. The van der Waals surface area contributed by atoms with E-state index in [1.54, 1.807) is 0 Å². The van der Waals surface area contributed by atoms with Gasteiger partial charge in [-0.25, -0.2) is 0 Å². The molecule has 0 saturated carbocycles. The van der Waals surface area contributed by atoms with E-state index in [-0.39, 0.29) is 0 Å². The van der Waals surface area contributed by atoms with Crippen LogP contribution >= 0.6 is 0 Å². The molecule has 0 spiro atoms. The van der Waals surface area contributed by atoms with E-state index in [0.29, 0.717) is 24.0 Å². The third-order valence-corrected chi connectivity index (χ3v) is 3.68. The van der Waals surface area contributed by atoms with Crippen LogP contribution < -0.4 is 5.32 Å². The first kappa shape index (κ1) is 12.6. The molecule has 1 N–H and O–H groups in total. The first-order valence-electron chi connectivity index (χ1n) is 7.13. The van der Waals surface area contributed by atoms with Crippen molar-refractivity contribution >= 4 is 11.0 Å². The maximum absolute atomic E-state index is 5.74. The van der Waals surface area contributed by atoms with Gasteiger partial charge in [-0.3, -0.25) is 4.90 Å². The molecule has 108 valence electrons. The van der Waals surface area contributed by atoms with E-state index in [2.05, 4.69) is 20.4 Å². The SMILES string of the molecule is c1ccc2oc(-c3nc(CN4CCNCC4)no3)cc2c1. The number of aromatic nitrogens is 2. The second kappa shape index (κ2) is 5.31. The van der Waals surface area contributed by atoms with Crippen molar-refractivity contribution in [2.45, 2.75) is 6.54 Å². The van der Waals surface area contributed by atoms with E-state index in [1.807, 2.05) is 30.3 Å². The molecule has 1 saturated heterocycles. The Bertz CT molecular complexity index is 710. The molecule has 6 nitrogen and oxygen atoms in total. The second-order valence-corrected chi connectivity index (χ2v) is 5.19. The molecule has 0 bridgehead atoms. The summed E-state index contributed by atoms with van der Waals surface area (Å²) in [5, 5.41) is 8.41. The maximum atomic E-state index is 5.74. The number of piperazine rings is 1. The molecule has 0 atom stereocenters. The summed E-state index contributed by atoms with van der Waals surface area (Å²) < 4.78 is 11.1. The molecule has 1 aliphatic rings. The van der Waals surface area contributed by atoms with Crippen LogP contribution in [0.25, 0.3) is 22.6 Å². The number of nitrogens with one attached hydrogen (secondary N) is 1. The lowest BCUT2D eigenvalue weighted by Crippen LogP contribution is -2.43. The van der Waals surface area contributed by atoms with E-state index in [1.165, 1.54) is 0 Å². The fraction of sp³-hybridized carbons (Fsp3) is 0.333. The Morgan fingerprint density at radius 2 is 2.05 bits per heavy atom. The average Bonchev–Trinajstić information content (AvgIpc) is 3.14. The third-order valence-electron chi connectivity index (χ3n) is 3.68. The molecule has 0 aliphatic carbocycles. The number of furan rings is 1. The van der Waals surface area contributed by atoms with Crippen molar-refractivity contribution < 1.29 is 8.94 Å². The largest absolute Gasteiger partial charge is 0.451 e. The topological polar surface area (TPSA) is 67.3 Å². The minimum Gasteiger partial charge on any atom is -0.451 e. The zero-order chi connectivity index (χ0) is 14.1. The van der Waals surface area contributed by atoms with Crippen molar-refractivity contribution in [3.8, 4) is 11.7 Å². The van der Waals surface area contributed by atoms with Crippen molar-refractivity contribution in [1.29, 1.82) is 0 Å². The lowest BCUT2D eigenvalue weighted by Gasteiger charge is -2.25. The van der Waals surface area contributed by atoms with Crippen molar-refractivity contribution in [1.82, 2.24) is 20.4 Å². The fourth-order valence-electron chi connectivity index (χ4n) is 2.57. The Kier molecular flexibility index (Phi) is 3.17. The first-order valence-corrected chi connectivity index (χ1v) is 7.13. The fourth-order valence-corrected chi connectivity index (χ4v) is 2.57. The summed E-state index contributed by atoms with van der Waals surface area (Å²) >= 11 is 0. The lowest BCUT2D eigenvalue weighted by atomic mass is 10.2. The van der Waals surface area contributed by atoms with Crippen LogP contribution in [0.4, 0.5) is 0 Å². The quantitative estimate of drug-likeness (QED) is 0.792. The van der Waals surface area contributed by atoms with Gasteiger partial charge in [-0.15, -0.1) is 0 Å². The van der Waals surface area contributed by atoms with E-state index in [4.69, 9.17) is 8.94 Å². The molecule has 3 aromatic rings. The third kappa shape index (κ3) is 2.55. The van der Waals surface area contributed by atoms with Crippen LogP contribution in [0.2, 0.25) is 0 Å². The minimum absolute atomic E-state index is 0.441. The first-order chi connectivity index (χ1) is 10.4. The summed E-state index contributed by atoms with van der Waals surface area (Å²) in [6, 6.07) is 9.78. The Labute approximate surface area is 121 Å². The Hall–Kier alpha value is -2.18. The average molecular weight is 284 g/mol. The highest BCUT2D eigenvalue weighted by molar-refractivity contribution is 5.81. The summed E-state index contributed by atoms with van der Waals surface area (Å²) in [5.41, 5.74) is 0.828.